The number of aliphatic hydroxyl groups is 2. The Morgan fingerprint density at radius 3 is 2.52 bits per heavy atom. The molecule has 1 aromatic rings. The van der Waals surface area contributed by atoms with Crippen LogP contribution in [0.3, 0.4) is 0 Å². The highest BCUT2D eigenvalue weighted by Gasteiger charge is 2.26. The largest absolute Gasteiger partial charge is 0.393 e. The van der Waals surface area contributed by atoms with Gasteiger partial charge in [0.1, 0.15) is 0 Å². The predicted molar refractivity (Wildman–Crippen MR) is 75.7 cm³/mol. The standard InChI is InChI=1S/C11H15ClN2O6S/c1-7-9(12)3-8(4-10(7)14(17)18)21(19,20)13-5-11(2,16)6-15/h3-4,13,15-16H,5-6H2,1-2H3. The maximum absolute atomic E-state index is 12.0. The third-order valence-corrected chi connectivity index (χ3v) is 4.55. The van der Waals surface area contributed by atoms with Gasteiger partial charge in [0.25, 0.3) is 5.69 Å². The first kappa shape index (κ1) is 17.8. The van der Waals surface area contributed by atoms with Gasteiger partial charge in [-0.1, -0.05) is 11.6 Å². The van der Waals surface area contributed by atoms with Crippen molar-refractivity contribution in [3.63, 3.8) is 0 Å². The summed E-state index contributed by atoms with van der Waals surface area (Å²) in [5, 5.41) is 29.2. The lowest BCUT2D eigenvalue weighted by Crippen LogP contribution is -2.43. The Labute approximate surface area is 126 Å². The van der Waals surface area contributed by atoms with E-state index in [9.17, 15) is 23.6 Å². The first-order chi connectivity index (χ1) is 9.50. The number of hydrogen-bond donors (Lipinski definition) is 3. The van der Waals surface area contributed by atoms with Crippen LogP contribution >= 0.6 is 11.6 Å². The van der Waals surface area contributed by atoms with Gasteiger partial charge in [-0.2, -0.15) is 0 Å². The van der Waals surface area contributed by atoms with Gasteiger partial charge in [0.2, 0.25) is 10.0 Å². The number of aliphatic hydroxyl groups excluding tert-OH is 1. The van der Waals surface area contributed by atoms with Crippen LogP contribution in [0.1, 0.15) is 12.5 Å². The highest BCUT2D eigenvalue weighted by Crippen LogP contribution is 2.29. The molecular formula is C11H15ClN2O6S. The normalized spacial score (nSPS) is 14.7. The molecule has 21 heavy (non-hydrogen) atoms. The number of rotatable bonds is 6. The number of nitro groups is 1. The summed E-state index contributed by atoms with van der Waals surface area (Å²) in [6.07, 6.45) is 0. The molecule has 0 spiro atoms. The fourth-order valence-electron chi connectivity index (χ4n) is 1.37. The SMILES string of the molecule is Cc1c(Cl)cc(S(=O)(=O)NCC(C)(O)CO)cc1[N+](=O)[O-]. The van der Waals surface area contributed by atoms with E-state index in [1.807, 2.05) is 0 Å². The number of nitrogens with zero attached hydrogens (tertiary/aromatic N) is 1. The first-order valence-electron chi connectivity index (χ1n) is 5.77. The van der Waals surface area contributed by atoms with Crippen LogP contribution in [0.4, 0.5) is 5.69 Å². The molecule has 0 bridgehead atoms. The van der Waals surface area contributed by atoms with Crippen molar-refractivity contribution in [3.05, 3.63) is 32.8 Å². The van der Waals surface area contributed by atoms with Crippen LogP contribution in [-0.4, -0.2) is 42.3 Å². The summed E-state index contributed by atoms with van der Waals surface area (Å²) < 4.78 is 26.2. The lowest BCUT2D eigenvalue weighted by atomic mass is 10.1. The van der Waals surface area contributed by atoms with Gasteiger partial charge in [-0.25, -0.2) is 13.1 Å². The quantitative estimate of drug-likeness (QED) is 0.513. The Bertz CT molecular complexity index is 659. The van der Waals surface area contributed by atoms with E-state index < -0.39 is 44.3 Å². The maximum atomic E-state index is 12.0. The molecule has 1 rings (SSSR count). The molecule has 0 saturated carbocycles. The minimum absolute atomic E-state index is 0.0570. The summed E-state index contributed by atoms with van der Waals surface area (Å²) in [5.41, 5.74) is -1.91. The number of nitro benzene ring substituents is 1. The molecule has 0 amide bonds. The van der Waals surface area contributed by atoms with Crippen molar-refractivity contribution in [2.75, 3.05) is 13.2 Å². The minimum Gasteiger partial charge on any atom is -0.393 e. The molecule has 3 N–H and O–H groups in total. The molecule has 0 aliphatic heterocycles. The van der Waals surface area contributed by atoms with Crippen LogP contribution in [0.15, 0.2) is 17.0 Å². The first-order valence-corrected chi connectivity index (χ1v) is 7.64. The molecule has 0 heterocycles. The zero-order valence-corrected chi connectivity index (χ0v) is 12.9. The number of sulfonamides is 1. The fraction of sp³-hybridized carbons (Fsp3) is 0.455. The molecule has 1 unspecified atom stereocenters. The van der Waals surface area contributed by atoms with E-state index >= 15 is 0 Å². The number of halogens is 1. The number of nitrogens with one attached hydrogen (secondary N) is 1. The van der Waals surface area contributed by atoms with Crippen LogP contribution in [0.2, 0.25) is 5.02 Å². The van der Waals surface area contributed by atoms with Crippen LogP contribution in [0.25, 0.3) is 0 Å². The van der Waals surface area contributed by atoms with E-state index in [0.717, 1.165) is 12.1 Å². The van der Waals surface area contributed by atoms with Gasteiger partial charge in [0.05, 0.1) is 27.0 Å². The lowest BCUT2D eigenvalue weighted by molar-refractivity contribution is -0.385. The van der Waals surface area contributed by atoms with Crippen molar-refractivity contribution in [1.29, 1.82) is 0 Å². The van der Waals surface area contributed by atoms with Gasteiger partial charge in [0, 0.05) is 18.2 Å². The molecule has 0 saturated heterocycles. The molecule has 8 nitrogen and oxygen atoms in total. The van der Waals surface area contributed by atoms with Crippen molar-refractivity contribution in [2.24, 2.45) is 0 Å². The Hall–Kier alpha value is -1.26. The molecular weight excluding hydrogens is 324 g/mol. The van der Waals surface area contributed by atoms with Gasteiger partial charge in [-0.3, -0.25) is 10.1 Å². The molecule has 0 aliphatic rings. The van der Waals surface area contributed by atoms with Crippen LogP contribution < -0.4 is 4.72 Å². The maximum Gasteiger partial charge on any atom is 0.275 e. The highest BCUT2D eigenvalue weighted by molar-refractivity contribution is 7.89. The van der Waals surface area contributed by atoms with E-state index in [-0.39, 0.29) is 10.6 Å². The van der Waals surface area contributed by atoms with Crippen molar-refractivity contribution < 1.29 is 23.6 Å². The molecule has 0 aromatic heterocycles. The highest BCUT2D eigenvalue weighted by atomic mass is 35.5. The average Bonchev–Trinajstić information content (AvgIpc) is 2.39. The van der Waals surface area contributed by atoms with Crippen LogP contribution in [0, 0.1) is 17.0 Å². The van der Waals surface area contributed by atoms with Crippen LogP contribution in [-0.2, 0) is 10.0 Å². The fourth-order valence-corrected chi connectivity index (χ4v) is 2.86. The molecule has 0 fully saturated rings. The second kappa shape index (κ2) is 6.24. The molecule has 118 valence electrons. The van der Waals surface area contributed by atoms with E-state index in [2.05, 4.69) is 4.72 Å². The minimum atomic E-state index is -4.11. The van der Waals surface area contributed by atoms with Crippen molar-refractivity contribution in [2.45, 2.75) is 24.3 Å². The van der Waals surface area contributed by atoms with Crippen molar-refractivity contribution in [1.82, 2.24) is 4.72 Å². The summed E-state index contributed by atoms with van der Waals surface area (Å²) >= 11 is 5.80. The second-order valence-corrected chi connectivity index (χ2v) is 6.96. The molecule has 10 heteroatoms. The third-order valence-electron chi connectivity index (χ3n) is 2.78. The lowest BCUT2D eigenvalue weighted by Gasteiger charge is -2.20. The summed E-state index contributed by atoms with van der Waals surface area (Å²) in [5.74, 6) is 0. The summed E-state index contributed by atoms with van der Waals surface area (Å²) in [6.45, 7) is 1.54. The Morgan fingerprint density at radius 1 is 1.48 bits per heavy atom. The molecule has 1 aromatic carbocycles. The van der Waals surface area contributed by atoms with Gasteiger partial charge in [-0.05, 0) is 19.9 Å². The van der Waals surface area contributed by atoms with Gasteiger partial charge < -0.3 is 10.2 Å². The Balaban J connectivity index is 3.18. The summed E-state index contributed by atoms with van der Waals surface area (Å²) in [4.78, 5) is 9.75. The summed E-state index contributed by atoms with van der Waals surface area (Å²) in [6, 6.07) is 1.97. The van der Waals surface area contributed by atoms with E-state index in [0.29, 0.717) is 0 Å². The number of benzene rings is 1. The second-order valence-electron chi connectivity index (χ2n) is 4.79. The molecule has 0 aliphatic carbocycles. The van der Waals surface area contributed by atoms with Gasteiger partial charge in [-0.15, -0.1) is 0 Å². The smallest absolute Gasteiger partial charge is 0.275 e. The predicted octanol–water partition coefficient (Wildman–Crippen LogP) is 0.578. The van der Waals surface area contributed by atoms with Gasteiger partial charge >= 0.3 is 0 Å². The molecule has 0 radical (unpaired) electrons. The topological polar surface area (TPSA) is 130 Å². The zero-order valence-electron chi connectivity index (χ0n) is 11.3. The third kappa shape index (κ3) is 4.35. The molecule has 1 atom stereocenters. The zero-order chi connectivity index (χ0) is 16.4. The number of hydrogen-bond acceptors (Lipinski definition) is 6. The van der Waals surface area contributed by atoms with Crippen molar-refractivity contribution in [3.8, 4) is 0 Å². The van der Waals surface area contributed by atoms with E-state index in [4.69, 9.17) is 16.7 Å². The Kier molecular flexibility index (Phi) is 5.29. The monoisotopic (exact) mass is 338 g/mol. The van der Waals surface area contributed by atoms with Gasteiger partial charge in [0.15, 0.2) is 0 Å². The van der Waals surface area contributed by atoms with E-state index in [1.54, 1.807) is 0 Å². The Morgan fingerprint density at radius 2 is 2.05 bits per heavy atom. The van der Waals surface area contributed by atoms with Crippen LogP contribution in [0.5, 0.6) is 0 Å². The summed E-state index contributed by atoms with van der Waals surface area (Å²) in [7, 11) is -4.11. The van der Waals surface area contributed by atoms with E-state index in [1.165, 1.54) is 13.8 Å². The van der Waals surface area contributed by atoms with Crippen molar-refractivity contribution >= 4 is 27.3 Å². The average molecular weight is 339 g/mol.